The summed E-state index contributed by atoms with van der Waals surface area (Å²) < 4.78 is 8.57. The van der Waals surface area contributed by atoms with Crippen molar-refractivity contribution in [3.05, 3.63) is 59.7 Å². The predicted molar refractivity (Wildman–Crippen MR) is 106 cm³/mol. The lowest BCUT2D eigenvalue weighted by Crippen LogP contribution is -2.42. The molecule has 150 valence electrons. The highest BCUT2D eigenvalue weighted by atomic mass is 16.5. The number of nitrogens with zero attached hydrogens (tertiary/aromatic N) is 5. The second kappa shape index (κ2) is 7.42. The number of carbonyl (C=O) groups excluding carboxylic acids is 2. The minimum absolute atomic E-state index is 0.164. The third-order valence-corrected chi connectivity index (χ3v) is 4.95. The Morgan fingerprint density at radius 2 is 1.97 bits per heavy atom. The number of anilines is 1. The van der Waals surface area contributed by atoms with Crippen molar-refractivity contribution in [1.29, 1.82) is 0 Å². The van der Waals surface area contributed by atoms with E-state index in [4.69, 9.17) is 4.74 Å². The Morgan fingerprint density at radius 3 is 2.69 bits per heavy atom. The minimum atomic E-state index is -0.592. The number of para-hydroxylation sites is 2. The van der Waals surface area contributed by atoms with Crippen LogP contribution in [0.5, 0.6) is 5.75 Å². The van der Waals surface area contributed by atoms with E-state index in [1.807, 2.05) is 18.3 Å². The summed E-state index contributed by atoms with van der Waals surface area (Å²) in [5.74, 6) is -0.424. The van der Waals surface area contributed by atoms with E-state index < -0.39 is 5.92 Å². The van der Waals surface area contributed by atoms with Crippen molar-refractivity contribution < 1.29 is 14.3 Å². The zero-order valence-electron chi connectivity index (χ0n) is 16.5. The van der Waals surface area contributed by atoms with E-state index in [0.717, 1.165) is 5.56 Å². The van der Waals surface area contributed by atoms with Crippen LogP contribution in [0.4, 0.5) is 5.69 Å². The topological polar surface area (TPSA) is 94.3 Å². The molecule has 1 aliphatic rings. The van der Waals surface area contributed by atoms with Gasteiger partial charge in [0.05, 0.1) is 30.3 Å². The van der Waals surface area contributed by atoms with Gasteiger partial charge in [-0.2, -0.15) is 10.2 Å². The van der Waals surface area contributed by atoms with Gasteiger partial charge in [-0.1, -0.05) is 12.1 Å². The first-order chi connectivity index (χ1) is 14.0. The van der Waals surface area contributed by atoms with Crippen molar-refractivity contribution in [3.8, 4) is 5.75 Å². The Hall–Kier alpha value is -3.62. The van der Waals surface area contributed by atoms with Gasteiger partial charge in [0, 0.05) is 45.1 Å². The fourth-order valence-electron chi connectivity index (χ4n) is 3.59. The Balaban J connectivity index is 1.62. The molecule has 2 aromatic heterocycles. The van der Waals surface area contributed by atoms with Gasteiger partial charge in [0.2, 0.25) is 5.91 Å². The van der Waals surface area contributed by atoms with Gasteiger partial charge in [-0.25, -0.2) is 0 Å². The van der Waals surface area contributed by atoms with Crippen molar-refractivity contribution in [2.75, 3.05) is 19.0 Å². The highest BCUT2D eigenvalue weighted by Crippen LogP contribution is 2.31. The number of rotatable bonds is 4. The monoisotopic (exact) mass is 394 g/mol. The Morgan fingerprint density at radius 1 is 1.17 bits per heavy atom. The molecule has 3 heterocycles. The molecule has 1 atom stereocenters. The molecule has 0 spiro atoms. The number of fused-ring (bicyclic) bond motifs is 1. The molecule has 1 aliphatic heterocycles. The number of aromatic nitrogens is 4. The van der Waals surface area contributed by atoms with E-state index in [1.165, 1.54) is 6.20 Å². The van der Waals surface area contributed by atoms with Crippen LogP contribution in [0, 0.1) is 0 Å². The lowest BCUT2D eigenvalue weighted by molar-refractivity contribution is -0.118. The quantitative estimate of drug-likeness (QED) is 0.724. The fourth-order valence-corrected chi connectivity index (χ4v) is 3.59. The lowest BCUT2D eigenvalue weighted by atomic mass is 9.95. The van der Waals surface area contributed by atoms with E-state index in [2.05, 4.69) is 15.5 Å². The molecule has 1 aromatic carbocycles. The normalized spacial score (nSPS) is 15.7. The molecule has 3 aromatic rings. The number of hydrogen-bond acceptors (Lipinski definition) is 5. The van der Waals surface area contributed by atoms with Gasteiger partial charge >= 0.3 is 0 Å². The highest BCUT2D eigenvalue weighted by Gasteiger charge is 2.36. The van der Waals surface area contributed by atoms with Gasteiger partial charge < -0.3 is 15.0 Å². The number of amides is 2. The molecule has 0 aliphatic carbocycles. The molecule has 0 saturated heterocycles. The zero-order valence-corrected chi connectivity index (χ0v) is 16.5. The molecule has 0 fully saturated rings. The Bertz CT molecular complexity index is 1070. The molecule has 0 saturated carbocycles. The van der Waals surface area contributed by atoms with Crippen LogP contribution in [0.2, 0.25) is 0 Å². The summed E-state index contributed by atoms with van der Waals surface area (Å²) in [6.45, 7) is 0.633. The van der Waals surface area contributed by atoms with E-state index >= 15 is 0 Å². The maximum absolute atomic E-state index is 13.1. The van der Waals surface area contributed by atoms with Crippen LogP contribution < -0.4 is 10.1 Å². The summed E-state index contributed by atoms with van der Waals surface area (Å²) in [6, 6.07) is 7.21. The van der Waals surface area contributed by atoms with Crippen LogP contribution in [0.15, 0.2) is 42.9 Å². The second-order valence-electron chi connectivity index (χ2n) is 7.04. The Labute approximate surface area is 167 Å². The average molecular weight is 394 g/mol. The molecular weight excluding hydrogens is 372 g/mol. The van der Waals surface area contributed by atoms with Gasteiger partial charge in [-0.05, 0) is 12.1 Å². The molecule has 0 unspecified atom stereocenters. The largest absolute Gasteiger partial charge is 0.495 e. The first-order valence-corrected chi connectivity index (χ1v) is 9.20. The average Bonchev–Trinajstić information content (AvgIpc) is 3.31. The zero-order chi connectivity index (χ0) is 20.5. The summed E-state index contributed by atoms with van der Waals surface area (Å²) in [7, 11) is 5.12. The summed E-state index contributed by atoms with van der Waals surface area (Å²) in [5.41, 5.74) is 2.61. The number of methoxy groups -OCH3 is 1. The standard InChI is InChI=1S/C20H22N6O3/c1-24-9-13(8-21-24)20(28)26-11-14-10-25(2)23-18(14)15(12-26)19(27)22-16-6-4-5-7-17(16)29-3/h4-10,15H,11-12H2,1-3H3,(H,22,27)/t15-/m1/s1. The molecule has 9 heteroatoms. The van der Waals surface area contributed by atoms with Crippen LogP contribution in [-0.4, -0.2) is 49.9 Å². The van der Waals surface area contributed by atoms with Crippen molar-refractivity contribution in [3.63, 3.8) is 0 Å². The summed E-state index contributed by atoms with van der Waals surface area (Å²) in [5, 5.41) is 11.5. The number of ether oxygens (including phenoxy) is 1. The molecule has 9 nitrogen and oxygen atoms in total. The van der Waals surface area contributed by atoms with Crippen LogP contribution in [0.3, 0.4) is 0 Å². The summed E-state index contributed by atoms with van der Waals surface area (Å²) in [6.07, 6.45) is 5.05. The van der Waals surface area contributed by atoms with E-state index in [0.29, 0.717) is 29.2 Å². The van der Waals surface area contributed by atoms with Crippen LogP contribution in [0.25, 0.3) is 0 Å². The maximum atomic E-state index is 13.1. The number of benzene rings is 1. The predicted octanol–water partition coefficient (Wildman–Crippen LogP) is 1.54. The first kappa shape index (κ1) is 18.7. The van der Waals surface area contributed by atoms with Gasteiger partial charge in [0.1, 0.15) is 11.7 Å². The molecule has 4 rings (SSSR count). The number of nitrogens with one attached hydrogen (secondary N) is 1. The minimum Gasteiger partial charge on any atom is -0.495 e. The van der Waals surface area contributed by atoms with E-state index in [9.17, 15) is 9.59 Å². The molecule has 1 N–H and O–H groups in total. The summed E-state index contributed by atoms with van der Waals surface area (Å²) >= 11 is 0. The van der Waals surface area contributed by atoms with Crippen LogP contribution in [-0.2, 0) is 25.4 Å². The summed E-state index contributed by atoms with van der Waals surface area (Å²) in [4.78, 5) is 27.8. The fraction of sp³-hybridized carbons (Fsp3) is 0.300. The van der Waals surface area contributed by atoms with Crippen LogP contribution >= 0.6 is 0 Å². The van der Waals surface area contributed by atoms with Gasteiger partial charge in [0.15, 0.2) is 0 Å². The Kier molecular flexibility index (Phi) is 4.79. The molecule has 2 amide bonds. The number of aryl methyl sites for hydroxylation is 2. The molecule has 0 radical (unpaired) electrons. The second-order valence-corrected chi connectivity index (χ2v) is 7.04. The van der Waals surface area contributed by atoms with E-state index in [-0.39, 0.29) is 18.4 Å². The van der Waals surface area contributed by atoms with Gasteiger partial charge in [-0.15, -0.1) is 0 Å². The van der Waals surface area contributed by atoms with Crippen LogP contribution in [0.1, 0.15) is 27.5 Å². The van der Waals surface area contributed by atoms with Crippen molar-refractivity contribution in [2.45, 2.75) is 12.5 Å². The molecular formula is C20H22N6O3. The van der Waals surface area contributed by atoms with Gasteiger partial charge in [-0.3, -0.25) is 19.0 Å². The van der Waals surface area contributed by atoms with Crippen molar-refractivity contribution >= 4 is 17.5 Å². The lowest BCUT2D eigenvalue weighted by Gasteiger charge is -2.31. The van der Waals surface area contributed by atoms with Crippen molar-refractivity contribution in [1.82, 2.24) is 24.5 Å². The highest BCUT2D eigenvalue weighted by molar-refractivity contribution is 5.99. The maximum Gasteiger partial charge on any atom is 0.257 e. The smallest absolute Gasteiger partial charge is 0.257 e. The van der Waals surface area contributed by atoms with E-state index in [1.54, 1.807) is 53.8 Å². The molecule has 0 bridgehead atoms. The third kappa shape index (κ3) is 3.58. The first-order valence-electron chi connectivity index (χ1n) is 9.20. The van der Waals surface area contributed by atoms with Gasteiger partial charge in [0.25, 0.3) is 5.91 Å². The van der Waals surface area contributed by atoms with Crippen molar-refractivity contribution in [2.24, 2.45) is 14.1 Å². The molecule has 29 heavy (non-hydrogen) atoms. The number of hydrogen-bond donors (Lipinski definition) is 1. The third-order valence-electron chi connectivity index (χ3n) is 4.95. The number of carbonyl (C=O) groups is 2. The SMILES string of the molecule is COc1ccccc1NC(=O)[C@@H]1CN(C(=O)c2cnn(C)c2)Cc2cn(C)nc21.